The van der Waals surface area contributed by atoms with Gasteiger partial charge in [0.2, 0.25) is 0 Å². The van der Waals surface area contributed by atoms with E-state index < -0.39 is 0 Å². The van der Waals surface area contributed by atoms with Gasteiger partial charge in [0.05, 0.1) is 0 Å². The molecular weight excluding hydrogens is 254 g/mol. The Bertz CT molecular complexity index is 455. The molecule has 2 atom stereocenters. The summed E-state index contributed by atoms with van der Waals surface area (Å²) < 4.78 is 5.42. The SMILES string of the molecule is CC1CCCCC1NC(=O)COc1ccc(C=O)cc1. The fraction of sp³-hybridized carbons (Fsp3) is 0.500. The molecule has 1 amide bonds. The molecule has 1 fully saturated rings. The molecule has 0 bridgehead atoms. The molecule has 20 heavy (non-hydrogen) atoms. The zero-order valence-corrected chi connectivity index (χ0v) is 11.8. The second-order valence-electron chi connectivity index (χ2n) is 5.41. The predicted octanol–water partition coefficient (Wildman–Crippen LogP) is 2.57. The van der Waals surface area contributed by atoms with Crippen LogP contribution in [0.1, 0.15) is 43.0 Å². The van der Waals surface area contributed by atoms with Crippen molar-refractivity contribution in [3.05, 3.63) is 29.8 Å². The lowest BCUT2D eigenvalue weighted by Crippen LogP contribution is -2.43. The molecule has 0 radical (unpaired) electrons. The maximum absolute atomic E-state index is 11.9. The largest absolute Gasteiger partial charge is 0.484 e. The summed E-state index contributed by atoms with van der Waals surface area (Å²) in [4.78, 5) is 22.4. The van der Waals surface area contributed by atoms with E-state index in [-0.39, 0.29) is 18.6 Å². The summed E-state index contributed by atoms with van der Waals surface area (Å²) in [5, 5.41) is 3.04. The van der Waals surface area contributed by atoms with Crippen LogP contribution in [0.15, 0.2) is 24.3 Å². The van der Waals surface area contributed by atoms with Gasteiger partial charge in [-0.15, -0.1) is 0 Å². The first-order valence-corrected chi connectivity index (χ1v) is 7.16. The molecule has 0 heterocycles. The predicted molar refractivity (Wildman–Crippen MR) is 76.9 cm³/mol. The molecule has 1 N–H and O–H groups in total. The molecular formula is C16H21NO3. The molecule has 0 aliphatic heterocycles. The highest BCUT2D eigenvalue weighted by Crippen LogP contribution is 2.23. The highest BCUT2D eigenvalue weighted by Gasteiger charge is 2.22. The molecule has 1 aromatic rings. The molecule has 1 saturated carbocycles. The zero-order valence-electron chi connectivity index (χ0n) is 11.8. The first-order valence-electron chi connectivity index (χ1n) is 7.16. The highest BCUT2D eigenvalue weighted by atomic mass is 16.5. The van der Waals surface area contributed by atoms with Crippen molar-refractivity contribution in [2.75, 3.05) is 6.61 Å². The van der Waals surface area contributed by atoms with Gasteiger partial charge in [0.25, 0.3) is 5.91 Å². The Hall–Kier alpha value is -1.84. The third-order valence-electron chi connectivity index (χ3n) is 3.84. The topological polar surface area (TPSA) is 55.4 Å². The molecule has 2 rings (SSSR count). The quantitative estimate of drug-likeness (QED) is 0.840. The molecule has 4 nitrogen and oxygen atoms in total. The number of benzene rings is 1. The molecule has 0 aromatic heterocycles. The standard InChI is InChI=1S/C16H21NO3/c1-12-4-2-3-5-15(12)17-16(19)11-20-14-8-6-13(10-18)7-9-14/h6-10,12,15H,2-5,11H2,1H3,(H,17,19). The fourth-order valence-electron chi connectivity index (χ4n) is 2.57. The minimum absolute atomic E-state index is 0.0175. The summed E-state index contributed by atoms with van der Waals surface area (Å²) in [6, 6.07) is 7.00. The van der Waals surface area contributed by atoms with E-state index in [9.17, 15) is 9.59 Å². The van der Waals surface area contributed by atoms with Crippen molar-refractivity contribution in [3.63, 3.8) is 0 Å². The van der Waals surface area contributed by atoms with Gasteiger partial charge in [-0.3, -0.25) is 9.59 Å². The summed E-state index contributed by atoms with van der Waals surface area (Å²) in [7, 11) is 0. The Morgan fingerprint density at radius 1 is 1.30 bits per heavy atom. The molecule has 0 spiro atoms. The van der Waals surface area contributed by atoms with Gasteiger partial charge in [-0.2, -0.15) is 0 Å². The maximum Gasteiger partial charge on any atom is 0.258 e. The summed E-state index contributed by atoms with van der Waals surface area (Å²) >= 11 is 0. The van der Waals surface area contributed by atoms with Crippen LogP contribution in [0.4, 0.5) is 0 Å². The third kappa shape index (κ3) is 4.08. The van der Waals surface area contributed by atoms with Crippen LogP contribution in [-0.2, 0) is 4.79 Å². The van der Waals surface area contributed by atoms with Gasteiger partial charge in [0.15, 0.2) is 6.61 Å². The number of carbonyl (C=O) groups is 2. The lowest BCUT2D eigenvalue weighted by Gasteiger charge is -2.29. The van der Waals surface area contributed by atoms with Gasteiger partial charge in [0.1, 0.15) is 12.0 Å². The smallest absolute Gasteiger partial charge is 0.258 e. The number of nitrogens with one attached hydrogen (secondary N) is 1. The van der Waals surface area contributed by atoms with E-state index in [1.54, 1.807) is 24.3 Å². The van der Waals surface area contributed by atoms with E-state index in [0.717, 1.165) is 12.7 Å². The molecule has 1 aliphatic carbocycles. The first-order chi connectivity index (χ1) is 9.69. The van der Waals surface area contributed by atoms with Crippen LogP contribution >= 0.6 is 0 Å². The average molecular weight is 275 g/mol. The first kappa shape index (κ1) is 14.6. The van der Waals surface area contributed by atoms with Crippen LogP contribution in [0.25, 0.3) is 0 Å². The van der Waals surface area contributed by atoms with Crippen molar-refractivity contribution < 1.29 is 14.3 Å². The summed E-state index contributed by atoms with van der Waals surface area (Å²) in [5.74, 6) is 1.06. The number of ether oxygens (including phenoxy) is 1. The number of hydrogen-bond acceptors (Lipinski definition) is 3. The van der Waals surface area contributed by atoms with Gasteiger partial charge in [-0.05, 0) is 43.0 Å². The van der Waals surface area contributed by atoms with E-state index in [4.69, 9.17) is 4.74 Å². The molecule has 0 saturated heterocycles. The molecule has 1 aromatic carbocycles. The fourth-order valence-corrected chi connectivity index (χ4v) is 2.57. The number of hydrogen-bond donors (Lipinski definition) is 1. The van der Waals surface area contributed by atoms with E-state index in [1.165, 1.54) is 19.3 Å². The summed E-state index contributed by atoms with van der Waals surface area (Å²) in [6.45, 7) is 2.20. The van der Waals surface area contributed by atoms with Gasteiger partial charge >= 0.3 is 0 Å². The van der Waals surface area contributed by atoms with Crippen molar-refractivity contribution in [2.45, 2.75) is 38.6 Å². The Kier molecular flexibility index (Phi) is 5.16. The Morgan fingerprint density at radius 3 is 2.65 bits per heavy atom. The highest BCUT2D eigenvalue weighted by molar-refractivity contribution is 5.78. The van der Waals surface area contributed by atoms with Crippen LogP contribution in [0, 0.1) is 5.92 Å². The van der Waals surface area contributed by atoms with Crippen LogP contribution in [0.3, 0.4) is 0 Å². The van der Waals surface area contributed by atoms with Gasteiger partial charge in [-0.25, -0.2) is 0 Å². The van der Waals surface area contributed by atoms with Crippen molar-refractivity contribution in [1.29, 1.82) is 0 Å². The molecule has 2 unspecified atom stereocenters. The number of aldehydes is 1. The number of rotatable bonds is 5. The Morgan fingerprint density at radius 2 is 2.00 bits per heavy atom. The third-order valence-corrected chi connectivity index (χ3v) is 3.84. The minimum Gasteiger partial charge on any atom is -0.484 e. The van der Waals surface area contributed by atoms with Gasteiger partial charge in [-0.1, -0.05) is 19.8 Å². The summed E-state index contributed by atoms with van der Waals surface area (Å²) in [6.07, 6.45) is 5.46. The van der Waals surface area contributed by atoms with E-state index >= 15 is 0 Å². The van der Waals surface area contributed by atoms with Gasteiger partial charge < -0.3 is 10.1 Å². The number of carbonyl (C=O) groups excluding carboxylic acids is 2. The van der Waals surface area contributed by atoms with E-state index in [0.29, 0.717) is 17.2 Å². The second-order valence-corrected chi connectivity index (χ2v) is 5.41. The number of amides is 1. The van der Waals surface area contributed by atoms with Crippen molar-refractivity contribution in [1.82, 2.24) is 5.32 Å². The molecule has 1 aliphatic rings. The Balaban J connectivity index is 1.77. The van der Waals surface area contributed by atoms with E-state index in [2.05, 4.69) is 12.2 Å². The maximum atomic E-state index is 11.9. The molecule has 108 valence electrons. The van der Waals surface area contributed by atoms with Crippen LogP contribution < -0.4 is 10.1 Å². The van der Waals surface area contributed by atoms with Crippen LogP contribution in [-0.4, -0.2) is 24.8 Å². The normalized spacial score (nSPS) is 22.1. The zero-order chi connectivity index (χ0) is 14.4. The van der Waals surface area contributed by atoms with Crippen molar-refractivity contribution >= 4 is 12.2 Å². The van der Waals surface area contributed by atoms with Crippen molar-refractivity contribution in [2.24, 2.45) is 5.92 Å². The Labute approximate surface area is 119 Å². The van der Waals surface area contributed by atoms with Crippen LogP contribution in [0.2, 0.25) is 0 Å². The lowest BCUT2D eigenvalue weighted by atomic mass is 9.86. The molecule has 4 heteroatoms. The monoisotopic (exact) mass is 275 g/mol. The minimum atomic E-state index is -0.0804. The average Bonchev–Trinajstić information content (AvgIpc) is 2.48. The van der Waals surface area contributed by atoms with E-state index in [1.807, 2.05) is 0 Å². The van der Waals surface area contributed by atoms with Crippen molar-refractivity contribution in [3.8, 4) is 5.75 Å². The lowest BCUT2D eigenvalue weighted by molar-refractivity contribution is -0.124. The van der Waals surface area contributed by atoms with Crippen LogP contribution in [0.5, 0.6) is 5.75 Å². The summed E-state index contributed by atoms with van der Waals surface area (Å²) in [5.41, 5.74) is 0.595. The second kappa shape index (κ2) is 7.08. The van der Waals surface area contributed by atoms with Gasteiger partial charge in [0, 0.05) is 11.6 Å².